The molecule has 0 saturated carbocycles. The maximum absolute atomic E-state index is 12.8. The lowest BCUT2D eigenvalue weighted by Crippen LogP contribution is -2.42. The van der Waals surface area contributed by atoms with Gasteiger partial charge in [0.1, 0.15) is 5.69 Å². The summed E-state index contributed by atoms with van der Waals surface area (Å²) in [5.74, 6) is -0.788. The van der Waals surface area contributed by atoms with E-state index in [1.807, 2.05) is 60.7 Å². The van der Waals surface area contributed by atoms with Crippen molar-refractivity contribution in [3.05, 3.63) is 108 Å². The van der Waals surface area contributed by atoms with Gasteiger partial charge in [-0.15, -0.1) is 0 Å². The minimum absolute atomic E-state index is 0.390. The Labute approximate surface area is 211 Å². The van der Waals surface area contributed by atoms with E-state index in [0.717, 1.165) is 32.1 Å². The van der Waals surface area contributed by atoms with Gasteiger partial charge in [0.15, 0.2) is 0 Å². The van der Waals surface area contributed by atoms with Gasteiger partial charge < -0.3 is 4.57 Å². The molecule has 8 nitrogen and oxygen atoms in total. The van der Waals surface area contributed by atoms with E-state index < -0.39 is 11.8 Å². The summed E-state index contributed by atoms with van der Waals surface area (Å²) in [6.45, 7) is 0. The summed E-state index contributed by atoms with van der Waals surface area (Å²) >= 11 is 1.46. The van der Waals surface area contributed by atoms with Crippen molar-refractivity contribution in [2.75, 3.05) is 0 Å². The summed E-state index contributed by atoms with van der Waals surface area (Å²) in [6, 6.07) is 22.4. The molecule has 5 rings (SSSR count). The first-order chi connectivity index (χ1) is 17.6. The number of hydrogen-bond donors (Lipinski definition) is 3. The first kappa shape index (κ1) is 23.1. The number of amides is 2. The molecule has 3 heterocycles. The van der Waals surface area contributed by atoms with Crippen molar-refractivity contribution < 1.29 is 9.59 Å². The lowest BCUT2D eigenvalue weighted by molar-refractivity contribution is 0.0840. The third kappa shape index (κ3) is 5.06. The van der Waals surface area contributed by atoms with E-state index in [0.29, 0.717) is 11.3 Å². The summed E-state index contributed by atoms with van der Waals surface area (Å²) in [6.07, 6.45) is 7.36. The number of aryl methyl sites for hydroxylation is 1. The Hall–Kier alpha value is -4.63. The predicted molar refractivity (Wildman–Crippen MR) is 140 cm³/mol. The van der Waals surface area contributed by atoms with E-state index in [4.69, 9.17) is 0 Å². The SMILES string of the molecule is Cn1cccc1C(=O)NNC(=O)c1ccccc1Sc1ccc2c(/C=C/c3ccccn3)n[nH]c2c1. The van der Waals surface area contributed by atoms with Crippen LogP contribution >= 0.6 is 11.8 Å². The second kappa shape index (κ2) is 10.3. The molecule has 36 heavy (non-hydrogen) atoms. The van der Waals surface area contributed by atoms with Gasteiger partial charge in [0.25, 0.3) is 11.8 Å². The number of carbonyl (C=O) groups is 2. The highest BCUT2D eigenvalue weighted by Gasteiger charge is 2.15. The van der Waals surface area contributed by atoms with Crippen LogP contribution in [0.2, 0.25) is 0 Å². The molecule has 0 spiro atoms. The number of aromatic amines is 1. The molecule has 0 radical (unpaired) electrons. The lowest BCUT2D eigenvalue weighted by atomic mass is 10.2. The Morgan fingerprint density at radius 2 is 1.78 bits per heavy atom. The number of nitrogens with one attached hydrogen (secondary N) is 3. The van der Waals surface area contributed by atoms with E-state index in [1.54, 1.807) is 48.3 Å². The fourth-order valence-corrected chi connectivity index (χ4v) is 4.65. The minimum atomic E-state index is -0.398. The van der Waals surface area contributed by atoms with E-state index in [2.05, 4.69) is 26.0 Å². The van der Waals surface area contributed by atoms with Crippen molar-refractivity contribution >= 4 is 46.6 Å². The Bertz CT molecular complexity index is 1570. The number of fused-ring (bicyclic) bond motifs is 1. The quantitative estimate of drug-likeness (QED) is 0.297. The van der Waals surface area contributed by atoms with Gasteiger partial charge in [-0.1, -0.05) is 30.0 Å². The number of hydrazine groups is 1. The first-order valence-electron chi connectivity index (χ1n) is 11.1. The molecule has 2 amide bonds. The standard InChI is InChI=1S/C27H22N6O2S/c1-33-16-6-9-24(33)27(35)32-31-26(34)21-8-2-3-10-25(21)36-19-12-13-20-22(29-30-23(20)17-19)14-11-18-7-4-5-15-28-18/h2-17H,1H3,(H,29,30)(H,31,34)(H,32,35)/b14-11+. The second-order valence-corrected chi connectivity index (χ2v) is 9.03. The smallest absolute Gasteiger partial charge is 0.286 e. The molecule has 0 saturated heterocycles. The van der Waals surface area contributed by atoms with Crippen molar-refractivity contribution in [1.29, 1.82) is 0 Å². The third-order valence-corrected chi connectivity index (χ3v) is 6.55. The molecule has 9 heteroatoms. The molecular formula is C27H22N6O2S. The number of carbonyl (C=O) groups excluding carboxylic acids is 2. The summed E-state index contributed by atoms with van der Waals surface area (Å²) in [5, 5.41) is 8.48. The zero-order valence-electron chi connectivity index (χ0n) is 19.3. The van der Waals surface area contributed by atoms with Crippen LogP contribution in [0.25, 0.3) is 23.1 Å². The van der Waals surface area contributed by atoms with Crippen molar-refractivity contribution in [2.24, 2.45) is 7.05 Å². The molecular weight excluding hydrogens is 472 g/mol. The van der Waals surface area contributed by atoms with Crippen LogP contribution in [-0.2, 0) is 7.05 Å². The largest absolute Gasteiger partial charge is 0.347 e. The van der Waals surface area contributed by atoms with Gasteiger partial charge in [0.2, 0.25) is 0 Å². The maximum atomic E-state index is 12.8. The first-order valence-corrected chi connectivity index (χ1v) is 12.0. The molecule has 0 aliphatic rings. The monoisotopic (exact) mass is 494 g/mol. The molecule has 178 valence electrons. The lowest BCUT2D eigenvalue weighted by Gasteiger charge is -2.11. The van der Waals surface area contributed by atoms with Crippen molar-refractivity contribution in [2.45, 2.75) is 9.79 Å². The molecule has 3 aromatic heterocycles. The van der Waals surface area contributed by atoms with Gasteiger partial charge in [-0.3, -0.25) is 30.5 Å². The highest BCUT2D eigenvalue weighted by Crippen LogP contribution is 2.32. The average molecular weight is 495 g/mol. The predicted octanol–water partition coefficient (Wildman–Crippen LogP) is 4.69. The van der Waals surface area contributed by atoms with Gasteiger partial charge in [0.05, 0.1) is 22.5 Å². The van der Waals surface area contributed by atoms with Gasteiger partial charge >= 0.3 is 0 Å². The van der Waals surface area contributed by atoms with Crippen LogP contribution < -0.4 is 10.9 Å². The number of benzene rings is 2. The van der Waals surface area contributed by atoms with Crippen LogP contribution in [0.1, 0.15) is 32.2 Å². The average Bonchev–Trinajstić information content (AvgIpc) is 3.52. The van der Waals surface area contributed by atoms with Gasteiger partial charge in [-0.2, -0.15) is 5.10 Å². The molecule has 2 aromatic carbocycles. The van der Waals surface area contributed by atoms with Crippen LogP contribution in [0.5, 0.6) is 0 Å². The Balaban J connectivity index is 1.30. The molecule has 0 fully saturated rings. The highest BCUT2D eigenvalue weighted by molar-refractivity contribution is 7.99. The summed E-state index contributed by atoms with van der Waals surface area (Å²) in [7, 11) is 1.76. The normalized spacial score (nSPS) is 11.1. The molecule has 0 bridgehead atoms. The highest BCUT2D eigenvalue weighted by atomic mass is 32.2. The number of nitrogens with zero attached hydrogens (tertiary/aromatic N) is 3. The van der Waals surface area contributed by atoms with Gasteiger partial charge in [-0.25, -0.2) is 0 Å². The summed E-state index contributed by atoms with van der Waals surface area (Å²) in [5.41, 5.74) is 8.45. The minimum Gasteiger partial charge on any atom is -0.347 e. The molecule has 5 aromatic rings. The van der Waals surface area contributed by atoms with Crippen LogP contribution in [0.3, 0.4) is 0 Å². The van der Waals surface area contributed by atoms with E-state index in [-0.39, 0.29) is 0 Å². The van der Waals surface area contributed by atoms with Gasteiger partial charge in [-0.05, 0) is 66.7 Å². The van der Waals surface area contributed by atoms with Gasteiger partial charge in [0, 0.05) is 34.6 Å². The zero-order valence-corrected chi connectivity index (χ0v) is 20.1. The number of pyridine rings is 1. The fourth-order valence-electron chi connectivity index (χ4n) is 3.66. The third-order valence-electron chi connectivity index (χ3n) is 5.49. The fraction of sp³-hybridized carbons (Fsp3) is 0.0370. The summed E-state index contributed by atoms with van der Waals surface area (Å²) < 4.78 is 1.68. The van der Waals surface area contributed by atoms with Crippen molar-refractivity contribution in [3.63, 3.8) is 0 Å². The van der Waals surface area contributed by atoms with Crippen LogP contribution in [0.15, 0.2) is 95.0 Å². The number of hydrogen-bond acceptors (Lipinski definition) is 5. The Morgan fingerprint density at radius 3 is 2.58 bits per heavy atom. The van der Waals surface area contributed by atoms with E-state index >= 15 is 0 Å². The number of rotatable bonds is 6. The number of H-pyrrole nitrogens is 1. The van der Waals surface area contributed by atoms with Crippen LogP contribution in [0.4, 0.5) is 0 Å². The van der Waals surface area contributed by atoms with E-state index in [9.17, 15) is 9.59 Å². The van der Waals surface area contributed by atoms with Crippen LogP contribution in [-0.4, -0.2) is 31.6 Å². The van der Waals surface area contributed by atoms with Crippen molar-refractivity contribution in [3.8, 4) is 0 Å². The summed E-state index contributed by atoms with van der Waals surface area (Å²) in [4.78, 5) is 31.2. The molecule has 0 aliphatic heterocycles. The van der Waals surface area contributed by atoms with E-state index in [1.165, 1.54) is 11.8 Å². The Morgan fingerprint density at radius 1 is 0.944 bits per heavy atom. The Kier molecular flexibility index (Phi) is 6.63. The second-order valence-electron chi connectivity index (χ2n) is 7.91. The van der Waals surface area contributed by atoms with Crippen LogP contribution in [0, 0.1) is 0 Å². The molecule has 0 unspecified atom stereocenters. The van der Waals surface area contributed by atoms with Crippen molar-refractivity contribution in [1.82, 2.24) is 30.6 Å². The molecule has 0 atom stereocenters. The number of aromatic nitrogens is 4. The topological polar surface area (TPSA) is 105 Å². The molecule has 0 aliphatic carbocycles. The molecule has 3 N–H and O–H groups in total. The maximum Gasteiger partial charge on any atom is 0.286 e. The zero-order chi connectivity index (χ0) is 24.9.